The number of aromatic amines is 1. The Morgan fingerprint density at radius 1 is 1.21 bits per heavy atom. The summed E-state index contributed by atoms with van der Waals surface area (Å²) in [5.41, 5.74) is 2.28. The van der Waals surface area contributed by atoms with Crippen molar-refractivity contribution in [2.75, 3.05) is 0 Å². The third-order valence-electron chi connectivity index (χ3n) is 6.02. The van der Waals surface area contributed by atoms with Crippen LogP contribution >= 0.6 is 0 Å². The van der Waals surface area contributed by atoms with Crippen molar-refractivity contribution in [3.8, 4) is 11.5 Å². The highest BCUT2D eigenvalue weighted by atomic mass is 28.3. The SMILES string of the molecule is CC[Si](C#C[C@H](O)[C@H]1O[C@@H](n2ccc(=O)[nH]c2=O)[C@@H]2OC(C)(C)O[C@@H]21)(CC)CC. The first kappa shape index (κ1) is 22.0. The summed E-state index contributed by atoms with van der Waals surface area (Å²) < 4.78 is 19.2. The first-order valence-corrected chi connectivity index (χ1v) is 12.8. The largest absolute Gasteiger partial charge is 0.378 e. The molecule has 2 N–H and O–H groups in total. The third-order valence-corrected chi connectivity index (χ3v) is 10.8. The average Bonchev–Trinajstić information content (AvgIpc) is 3.16. The van der Waals surface area contributed by atoms with Crippen LogP contribution in [0.25, 0.3) is 0 Å². The van der Waals surface area contributed by atoms with Crippen LogP contribution in [-0.4, -0.2) is 52.9 Å². The predicted octanol–water partition coefficient (Wildman–Crippen LogP) is 1.37. The maximum Gasteiger partial charge on any atom is 0.330 e. The molecule has 0 aliphatic carbocycles. The second-order valence-electron chi connectivity index (χ2n) is 8.13. The third kappa shape index (κ3) is 4.27. The Morgan fingerprint density at radius 3 is 2.41 bits per heavy atom. The fourth-order valence-electron chi connectivity index (χ4n) is 4.04. The standard InChI is InChI=1S/C20H30N2O6Si/c1-6-29(7-2,8-3)12-10-13(23)15-16-17(28-20(4,5)27-16)18(26-15)22-11-9-14(24)21-19(22)25/h9,11,13,15-18,23H,6-8H2,1-5H3,(H,21,24,25)/t13-,15+,16+,17+,18+/m0/s1. The second kappa shape index (κ2) is 8.20. The van der Waals surface area contributed by atoms with Crippen molar-refractivity contribution in [2.24, 2.45) is 0 Å². The van der Waals surface area contributed by atoms with E-state index in [1.807, 2.05) is 0 Å². The van der Waals surface area contributed by atoms with Crippen LogP contribution in [0.2, 0.25) is 18.1 Å². The van der Waals surface area contributed by atoms with Crippen LogP contribution in [0.5, 0.6) is 0 Å². The van der Waals surface area contributed by atoms with Crippen LogP contribution in [0, 0.1) is 11.5 Å². The van der Waals surface area contributed by atoms with Gasteiger partial charge in [-0.25, -0.2) is 4.79 Å². The van der Waals surface area contributed by atoms with E-state index in [0.717, 1.165) is 18.1 Å². The van der Waals surface area contributed by atoms with Gasteiger partial charge in [-0.1, -0.05) is 26.7 Å². The first-order valence-electron chi connectivity index (χ1n) is 10.2. The van der Waals surface area contributed by atoms with Crippen LogP contribution in [-0.2, 0) is 14.2 Å². The van der Waals surface area contributed by atoms with E-state index in [9.17, 15) is 14.7 Å². The van der Waals surface area contributed by atoms with Gasteiger partial charge >= 0.3 is 5.69 Å². The molecule has 160 valence electrons. The summed E-state index contributed by atoms with van der Waals surface area (Å²) in [5, 5.41) is 10.8. The smallest absolute Gasteiger partial charge is 0.330 e. The molecule has 0 unspecified atom stereocenters. The number of ether oxygens (including phenoxy) is 3. The van der Waals surface area contributed by atoms with E-state index in [-0.39, 0.29) is 0 Å². The Kier molecular flexibility index (Phi) is 6.22. The molecule has 1 aromatic heterocycles. The molecule has 8 nitrogen and oxygen atoms in total. The van der Waals surface area contributed by atoms with Crippen molar-refractivity contribution in [3.63, 3.8) is 0 Å². The molecule has 3 rings (SSSR count). The van der Waals surface area contributed by atoms with Crippen molar-refractivity contribution in [3.05, 3.63) is 33.1 Å². The van der Waals surface area contributed by atoms with Gasteiger partial charge in [0.25, 0.3) is 5.56 Å². The quantitative estimate of drug-likeness (QED) is 0.549. The average molecular weight is 423 g/mol. The minimum absolute atomic E-state index is 0.493. The van der Waals surface area contributed by atoms with Crippen LogP contribution < -0.4 is 11.2 Å². The Balaban J connectivity index is 1.92. The number of rotatable bonds is 5. The summed E-state index contributed by atoms with van der Waals surface area (Å²) in [5.74, 6) is 2.13. The molecule has 2 saturated heterocycles. The summed E-state index contributed by atoms with van der Waals surface area (Å²) in [4.78, 5) is 25.9. The minimum Gasteiger partial charge on any atom is -0.378 e. The fraction of sp³-hybridized carbons (Fsp3) is 0.700. The van der Waals surface area contributed by atoms with Crippen LogP contribution in [0.15, 0.2) is 21.9 Å². The van der Waals surface area contributed by atoms with E-state index in [0.29, 0.717) is 0 Å². The van der Waals surface area contributed by atoms with Gasteiger partial charge in [-0.3, -0.25) is 14.3 Å². The van der Waals surface area contributed by atoms with Gasteiger partial charge < -0.3 is 19.3 Å². The number of hydrogen-bond donors (Lipinski definition) is 2. The highest BCUT2D eigenvalue weighted by Crippen LogP contribution is 2.43. The lowest BCUT2D eigenvalue weighted by molar-refractivity contribution is -0.204. The number of hydrogen-bond acceptors (Lipinski definition) is 6. The predicted molar refractivity (Wildman–Crippen MR) is 110 cm³/mol. The van der Waals surface area contributed by atoms with Gasteiger partial charge in [0.1, 0.15) is 32.5 Å². The first-order chi connectivity index (χ1) is 13.6. The molecule has 3 heterocycles. The van der Waals surface area contributed by atoms with Gasteiger partial charge in [0.2, 0.25) is 0 Å². The number of nitrogens with one attached hydrogen (secondary N) is 1. The van der Waals surface area contributed by atoms with Gasteiger partial charge in [-0.05, 0) is 32.0 Å². The van der Waals surface area contributed by atoms with E-state index in [1.54, 1.807) is 13.8 Å². The van der Waals surface area contributed by atoms with Crippen molar-refractivity contribution in [1.82, 2.24) is 9.55 Å². The molecule has 0 saturated carbocycles. The second-order valence-corrected chi connectivity index (χ2v) is 13.1. The molecule has 29 heavy (non-hydrogen) atoms. The maximum atomic E-state index is 12.3. The molecule has 2 aliphatic rings. The number of aromatic nitrogens is 2. The zero-order valence-corrected chi connectivity index (χ0v) is 18.6. The fourth-order valence-corrected chi connectivity index (χ4v) is 6.52. The number of nitrogens with zero attached hydrogens (tertiary/aromatic N) is 1. The Morgan fingerprint density at radius 2 is 1.83 bits per heavy atom. The van der Waals surface area contributed by atoms with E-state index in [1.165, 1.54) is 16.8 Å². The molecule has 0 radical (unpaired) electrons. The Hall–Kier alpha value is -1.70. The lowest BCUT2D eigenvalue weighted by Gasteiger charge is -2.26. The molecule has 0 aromatic carbocycles. The zero-order chi connectivity index (χ0) is 21.4. The molecule has 5 atom stereocenters. The molecular formula is C20H30N2O6Si. The number of aliphatic hydroxyl groups excluding tert-OH is 1. The zero-order valence-electron chi connectivity index (χ0n) is 17.6. The van der Waals surface area contributed by atoms with Crippen LogP contribution in [0.3, 0.4) is 0 Å². The lowest BCUT2D eigenvalue weighted by atomic mass is 10.1. The lowest BCUT2D eigenvalue weighted by Crippen LogP contribution is -2.38. The molecule has 9 heteroatoms. The van der Waals surface area contributed by atoms with Crippen molar-refractivity contribution in [1.29, 1.82) is 0 Å². The summed E-state index contributed by atoms with van der Waals surface area (Å²) >= 11 is 0. The van der Waals surface area contributed by atoms with E-state index >= 15 is 0 Å². The van der Waals surface area contributed by atoms with Gasteiger partial charge in [-0.2, -0.15) is 0 Å². The van der Waals surface area contributed by atoms with Crippen LogP contribution in [0.4, 0.5) is 0 Å². The Labute approximate surface area is 171 Å². The molecule has 0 spiro atoms. The maximum absolute atomic E-state index is 12.3. The highest BCUT2D eigenvalue weighted by Gasteiger charge is 2.57. The topological polar surface area (TPSA) is 103 Å². The minimum atomic E-state index is -1.73. The monoisotopic (exact) mass is 422 g/mol. The molecule has 0 bridgehead atoms. The normalized spacial score (nSPS) is 29.2. The summed E-state index contributed by atoms with van der Waals surface area (Å²) in [7, 11) is -1.73. The van der Waals surface area contributed by atoms with Gasteiger partial charge in [0.05, 0.1) is 0 Å². The van der Waals surface area contributed by atoms with Crippen molar-refractivity contribution in [2.45, 2.75) is 89.2 Å². The van der Waals surface area contributed by atoms with E-state index in [4.69, 9.17) is 14.2 Å². The molecule has 2 fully saturated rings. The molecule has 1 aromatic rings. The van der Waals surface area contributed by atoms with E-state index in [2.05, 4.69) is 37.2 Å². The van der Waals surface area contributed by atoms with Crippen molar-refractivity contribution < 1.29 is 19.3 Å². The molecular weight excluding hydrogens is 392 g/mol. The number of aliphatic hydroxyl groups is 1. The Bertz CT molecular complexity index is 902. The van der Waals surface area contributed by atoms with E-state index < -0.39 is 55.8 Å². The van der Waals surface area contributed by atoms with Crippen LogP contribution in [0.1, 0.15) is 40.8 Å². The van der Waals surface area contributed by atoms with Gasteiger partial charge in [0, 0.05) is 12.3 Å². The highest BCUT2D eigenvalue weighted by molar-refractivity contribution is 6.87. The summed E-state index contributed by atoms with van der Waals surface area (Å²) in [6.45, 7) is 10.00. The summed E-state index contributed by atoms with van der Waals surface area (Å²) in [6.07, 6.45) is -2.51. The van der Waals surface area contributed by atoms with Crippen molar-refractivity contribution >= 4 is 8.07 Å². The molecule has 2 aliphatic heterocycles. The number of H-pyrrole nitrogens is 1. The number of fused-ring (bicyclic) bond motifs is 1. The van der Waals surface area contributed by atoms with Gasteiger partial charge in [0.15, 0.2) is 12.0 Å². The molecule has 0 amide bonds. The van der Waals surface area contributed by atoms with Gasteiger partial charge in [-0.15, -0.1) is 5.54 Å². The summed E-state index contributed by atoms with van der Waals surface area (Å²) in [6, 6.07) is 4.33.